The predicted molar refractivity (Wildman–Crippen MR) is 47.0 cm³/mol. The number of carboxylic acids is 1. The molecule has 1 atom stereocenters. The second-order valence-corrected chi connectivity index (χ2v) is 3.18. The van der Waals surface area contributed by atoms with Crippen LogP contribution in [0, 0.1) is 5.92 Å². The molecule has 0 saturated heterocycles. The Morgan fingerprint density at radius 3 is 2.83 bits per heavy atom. The molecule has 1 aliphatic carbocycles. The summed E-state index contributed by atoms with van der Waals surface area (Å²) in [7, 11) is 0. The van der Waals surface area contributed by atoms with Gasteiger partial charge in [-0.25, -0.2) is 0 Å². The molecule has 0 spiro atoms. The van der Waals surface area contributed by atoms with Crippen LogP contribution in [0.4, 0.5) is 0 Å². The summed E-state index contributed by atoms with van der Waals surface area (Å²) in [4.78, 5) is 10.7. The van der Waals surface area contributed by atoms with Gasteiger partial charge in [0.25, 0.3) is 0 Å². The van der Waals surface area contributed by atoms with E-state index in [1.165, 1.54) is 0 Å². The molecular formula is C9H15NO2. The fraction of sp³-hybridized carbons (Fsp3) is 0.667. The lowest BCUT2D eigenvalue weighted by molar-refractivity contribution is -0.140. The van der Waals surface area contributed by atoms with Crippen LogP contribution in [0.15, 0.2) is 12.7 Å². The molecule has 3 heteroatoms. The SMILES string of the molecule is C=CCCNC(C(=O)O)C1CC1. The lowest BCUT2D eigenvalue weighted by atomic mass is 10.2. The second kappa shape index (κ2) is 4.26. The Bertz CT molecular complexity index is 175. The van der Waals surface area contributed by atoms with Gasteiger partial charge in [-0.1, -0.05) is 6.08 Å². The zero-order valence-electron chi connectivity index (χ0n) is 7.12. The Kier molecular flexibility index (Phi) is 3.29. The lowest BCUT2D eigenvalue weighted by Gasteiger charge is -2.11. The summed E-state index contributed by atoms with van der Waals surface area (Å²) in [6.45, 7) is 4.29. The van der Waals surface area contributed by atoms with Crippen molar-refractivity contribution in [3.8, 4) is 0 Å². The first-order valence-corrected chi connectivity index (χ1v) is 4.32. The van der Waals surface area contributed by atoms with E-state index in [2.05, 4.69) is 11.9 Å². The molecule has 0 amide bonds. The Hall–Kier alpha value is -0.830. The Morgan fingerprint density at radius 1 is 1.75 bits per heavy atom. The number of hydrogen-bond acceptors (Lipinski definition) is 2. The quantitative estimate of drug-likeness (QED) is 0.461. The third-order valence-corrected chi connectivity index (χ3v) is 2.07. The maximum Gasteiger partial charge on any atom is 0.320 e. The van der Waals surface area contributed by atoms with Crippen molar-refractivity contribution < 1.29 is 9.90 Å². The van der Waals surface area contributed by atoms with Gasteiger partial charge in [-0.15, -0.1) is 6.58 Å². The first-order chi connectivity index (χ1) is 5.75. The van der Waals surface area contributed by atoms with Crippen LogP contribution in [-0.4, -0.2) is 23.7 Å². The first-order valence-electron chi connectivity index (χ1n) is 4.32. The summed E-state index contributed by atoms with van der Waals surface area (Å²) in [5.41, 5.74) is 0. The minimum atomic E-state index is -0.721. The Labute approximate surface area is 72.5 Å². The zero-order chi connectivity index (χ0) is 8.97. The van der Waals surface area contributed by atoms with E-state index in [1.807, 2.05) is 0 Å². The molecule has 2 N–H and O–H groups in total. The summed E-state index contributed by atoms with van der Waals surface area (Å²) in [5, 5.41) is 11.8. The molecule has 0 aromatic carbocycles. The van der Waals surface area contributed by atoms with Gasteiger partial charge in [-0.3, -0.25) is 4.79 Å². The average Bonchev–Trinajstić information content (AvgIpc) is 2.80. The highest BCUT2D eigenvalue weighted by molar-refractivity contribution is 5.74. The predicted octanol–water partition coefficient (Wildman–Crippen LogP) is 1.02. The summed E-state index contributed by atoms with van der Waals surface area (Å²) in [6.07, 6.45) is 4.73. The van der Waals surface area contributed by atoms with Crippen molar-refractivity contribution in [3.05, 3.63) is 12.7 Å². The maximum absolute atomic E-state index is 10.7. The molecule has 12 heavy (non-hydrogen) atoms. The zero-order valence-corrected chi connectivity index (χ0v) is 7.12. The van der Waals surface area contributed by atoms with Crippen molar-refractivity contribution in [2.75, 3.05) is 6.54 Å². The number of nitrogens with one attached hydrogen (secondary N) is 1. The molecule has 1 aliphatic rings. The molecule has 1 saturated carbocycles. The molecule has 0 bridgehead atoms. The van der Waals surface area contributed by atoms with Crippen LogP contribution in [0.3, 0.4) is 0 Å². The third-order valence-electron chi connectivity index (χ3n) is 2.07. The maximum atomic E-state index is 10.7. The fourth-order valence-corrected chi connectivity index (χ4v) is 1.23. The number of carboxylic acid groups (broad SMARTS) is 1. The van der Waals surface area contributed by atoms with Crippen LogP contribution in [0.2, 0.25) is 0 Å². The lowest BCUT2D eigenvalue weighted by Crippen LogP contribution is -2.38. The molecule has 68 valence electrons. The highest BCUT2D eigenvalue weighted by Crippen LogP contribution is 2.32. The van der Waals surface area contributed by atoms with Crippen LogP contribution in [0.1, 0.15) is 19.3 Å². The minimum Gasteiger partial charge on any atom is -0.480 e. The number of carbonyl (C=O) groups is 1. The van der Waals surface area contributed by atoms with Gasteiger partial charge in [0.15, 0.2) is 0 Å². The van der Waals surface area contributed by atoms with E-state index in [4.69, 9.17) is 5.11 Å². The Morgan fingerprint density at radius 2 is 2.42 bits per heavy atom. The summed E-state index contributed by atoms with van der Waals surface area (Å²) in [6, 6.07) is -0.329. The van der Waals surface area contributed by atoms with Crippen molar-refractivity contribution in [2.45, 2.75) is 25.3 Å². The van der Waals surface area contributed by atoms with E-state index in [0.29, 0.717) is 5.92 Å². The topological polar surface area (TPSA) is 49.3 Å². The molecule has 1 rings (SSSR count). The molecule has 0 aliphatic heterocycles. The van der Waals surface area contributed by atoms with Crippen molar-refractivity contribution in [3.63, 3.8) is 0 Å². The smallest absolute Gasteiger partial charge is 0.320 e. The minimum absolute atomic E-state index is 0.329. The van der Waals surface area contributed by atoms with Gasteiger partial charge in [0.2, 0.25) is 0 Å². The van der Waals surface area contributed by atoms with Gasteiger partial charge in [-0.2, -0.15) is 0 Å². The van der Waals surface area contributed by atoms with Crippen molar-refractivity contribution in [2.24, 2.45) is 5.92 Å². The highest BCUT2D eigenvalue weighted by atomic mass is 16.4. The van der Waals surface area contributed by atoms with Gasteiger partial charge < -0.3 is 10.4 Å². The van der Waals surface area contributed by atoms with Crippen LogP contribution in [0.25, 0.3) is 0 Å². The van der Waals surface area contributed by atoms with Gasteiger partial charge >= 0.3 is 5.97 Å². The standard InChI is InChI=1S/C9H15NO2/c1-2-3-6-10-8(9(11)12)7-4-5-7/h2,7-8,10H,1,3-6H2,(H,11,12). The van der Waals surface area contributed by atoms with Gasteiger partial charge in [-0.05, 0) is 31.7 Å². The van der Waals surface area contributed by atoms with E-state index in [0.717, 1.165) is 25.8 Å². The van der Waals surface area contributed by atoms with Crippen LogP contribution >= 0.6 is 0 Å². The first kappa shape index (κ1) is 9.26. The molecule has 0 aromatic heterocycles. The van der Waals surface area contributed by atoms with E-state index in [9.17, 15) is 4.79 Å². The molecule has 0 heterocycles. The van der Waals surface area contributed by atoms with E-state index in [-0.39, 0.29) is 6.04 Å². The number of hydrogen-bond donors (Lipinski definition) is 2. The van der Waals surface area contributed by atoms with Crippen LogP contribution in [-0.2, 0) is 4.79 Å². The highest BCUT2D eigenvalue weighted by Gasteiger charge is 2.35. The Balaban J connectivity index is 2.23. The molecular weight excluding hydrogens is 154 g/mol. The third kappa shape index (κ3) is 2.66. The molecule has 0 aromatic rings. The fourth-order valence-electron chi connectivity index (χ4n) is 1.23. The second-order valence-electron chi connectivity index (χ2n) is 3.18. The van der Waals surface area contributed by atoms with Crippen molar-refractivity contribution in [1.82, 2.24) is 5.32 Å². The van der Waals surface area contributed by atoms with E-state index < -0.39 is 5.97 Å². The molecule has 3 nitrogen and oxygen atoms in total. The van der Waals surface area contributed by atoms with Gasteiger partial charge in [0.1, 0.15) is 6.04 Å². The monoisotopic (exact) mass is 169 g/mol. The van der Waals surface area contributed by atoms with E-state index in [1.54, 1.807) is 6.08 Å². The number of rotatable bonds is 6. The van der Waals surface area contributed by atoms with Crippen molar-refractivity contribution in [1.29, 1.82) is 0 Å². The van der Waals surface area contributed by atoms with E-state index >= 15 is 0 Å². The molecule has 1 unspecified atom stereocenters. The summed E-state index contributed by atoms with van der Waals surface area (Å²) >= 11 is 0. The molecule has 0 radical (unpaired) electrons. The molecule has 1 fully saturated rings. The summed E-state index contributed by atoms with van der Waals surface area (Å²) in [5.74, 6) is -0.353. The van der Waals surface area contributed by atoms with Gasteiger partial charge in [0.05, 0.1) is 0 Å². The van der Waals surface area contributed by atoms with Crippen LogP contribution in [0.5, 0.6) is 0 Å². The normalized spacial score (nSPS) is 18.7. The number of aliphatic carboxylic acids is 1. The average molecular weight is 169 g/mol. The largest absolute Gasteiger partial charge is 0.480 e. The van der Waals surface area contributed by atoms with Crippen molar-refractivity contribution >= 4 is 5.97 Å². The van der Waals surface area contributed by atoms with Crippen LogP contribution < -0.4 is 5.32 Å². The van der Waals surface area contributed by atoms with Gasteiger partial charge in [0, 0.05) is 0 Å². The summed E-state index contributed by atoms with van der Waals surface area (Å²) < 4.78 is 0.